The predicted molar refractivity (Wildman–Crippen MR) is 81.7 cm³/mol. The summed E-state index contributed by atoms with van der Waals surface area (Å²) in [7, 11) is 0. The van der Waals surface area contributed by atoms with Crippen LogP contribution >= 0.6 is 0 Å². The van der Waals surface area contributed by atoms with Crippen molar-refractivity contribution in [3.63, 3.8) is 0 Å². The Balaban J connectivity index is 1.54. The first-order valence-electron chi connectivity index (χ1n) is 8.40. The molecule has 1 saturated heterocycles. The van der Waals surface area contributed by atoms with Crippen molar-refractivity contribution in [3.05, 3.63) is 27.7 Å². The second-order valence-electron chi connectivity index (χ2n) is 6.79. The highest BCUT2D eigenvalue weighted by atomic mass is 19.4. The number of aliphatic hydroxyl groups excluding tert-OH is 1. The van der Waals surface area contributed by atoms with E-state index in [4.69, 9.17) is 5.11 Å². The fourth-order valence-electron chi connectivity index (χ4n) is 3.51. The molecule has 5 nitrogen and oxygen atoms in total. The zero-order valence-corrected chi connectivity index (χ0v) is 13.4. The van der Waals surface area contributed by atoms with Crippen LogP contribution in [0, 0.1) is 5.92 Å². The average Bonchev–Trinajstić information content (AvgIpc) is 2.95. The molecule has 1 unspecified atom stereocenters. The number of aliphatic hydroxyl groups is 1. The van der Waals surface area contributed by atoms with E-state index in [9.17, 15) is 18.0 Å². The third kappa shape index (κ3) is 3.97. The highest BCUT2D eigenvalue weighted by Gasteiger charge is 2.39. The van der Waals surface area contributed by atoms with Crippen molar-refractivity contribution in [1.29, 1.82) is 0 Å². The van der Waals surface area contributed by atoms with Crippen molar-refractivity contribution in [2.75, 3.05) is 19.6 Å². The minimum absolute atomic E-state index is 0.0921. The van der Waals surface area contributed by atoms with Gasteiger partial charge in [0.1, 0.15) is 0 Å². The number of nitrogens with zero attached hydrogens (tertiary/aromatic N) is 3. The summed E-state index contributed by atoms with van der Waals surface area (Å²) < 4.78 is 38.7. The van der Waals surface area contributed by atoms with Gasteiger partial charge >= 0.3 is 6.18 Å². The molecule has 3 rings (SSSR count). The molecule has 0 amide bonds. The van der Waals surface area contributed by atoms with Gasteiger partial charge in [-0.1, -0.05) is 0 Å². The summed E-state index contributed by atoms with van der Waals surface area (Å²) in [4.78, 5) is 13.7. The maximum absolute atomic E-state index is 12.4. The monoisotopic (exact) mass is 345 g/mol. The highest BCUT2D eigenvalue weighted by Crippen LogP contribution is 2.24. The lowest BCUT2D eigenvalue weighted by atomic mass is 9.96. The number of hydrogen-bond donors (Lipinski definition) is 1. The molecular weight excluding hydrogens is 323 g/mol. The third-order valence-electron chi connectivity index (χ3n) is 4.97. The van der Waals surface area contributed by atoms with E-state index >= 15 is 0 Å². The molecule has 0 bridgehead atoms. The summed E-state index contributed by atoms with van der Waals surface area (Å²) in [6.07, 6.45) is -2.60. The van der Waals surface area contributed by atoms with E-state index < -0.39 is 12.3 Å². The smallest absolute Gasteiger partial charge is 0.382 e. The highest BCUT2D eigenvalue weighted by molar-refractivity contribution is 5.22. The first-order chi connectivity index (χ1) is 11.3. The van der Waals surface area contributed by atoms with Gasteiger partial charge in [0.15, 0.2) is 6.10 Å². The van der Waals surface area contributed by atoms with Crippen LogP contribution in [0.1, 0.15) is 30.5 Å². The molecule has 2 aliphatic rings. The number of aryl methyl sites for hydroxylation is 2. The Kier molecular flexibility index (Phi) is 4.96. The lowest BCUT2D eigenvalue weighted by molar-refractivity contribution is -0.208. The van der Waals surface area contributed by atoms with Crippen molar-refractivity contribution < 1.29 is 18.3 Å². The number of β-amino-alcohol motifs (C(OH)–C–C–N with tert-alkyl or cyclic N) is 1. The second kappa shape index (κ2) is 6.84. The van der Waals surface area contributed by atoms with Gasteiger partial charge in [0.2, 0.25) is 0 Å². The Morgan fingerprint density at radius 1 is 1.29 bits per heavy atom. The molecule has 1 N–H and O–H groups in total. The van der Waals surface area contributed by atoms with Crippen LogP contribution in [0.25, 0.3) is 0 Å². The van der Waals surface area contributed by atoms with E-state index in [1.165, 1.54) is 4.68 Å². The number of likely N-dealkylation sites (tertiary alicyclic amines) is 1. The Morgan fingerprint density at radius 3 is 2.67 bits per heavy atom. The van der Waals surface area contributed by atoms with Crippen molar-refractivity contribution in [2.24, 2.45) is 5.92 Å². The number of fused-ring (bicyclic) bond motifs is 1. The van der Waals surface area contributed by atoms with E-state index in [-0.39, 0.29) is 18.0 Å². The zero-order valence-electron chi connectivity index (χ0n) is 13.4. The first-order valence-corrected chi connectivity index (χ1v) is 8.40. The summed E-state index contributed by atoms with van der Waals surface area (Å²) >= 11 is 0. The molecule has 0 saturated carbocycles. The molecule has 0 radical (unpaired) electrons. The van der Waals surface area contributed by atoms with Crippen LogP contribution in [0.2, 0.25) is 0 Å². The largest absolute Gasteiger partial charge is 0.415 e. The Labute approximate surface area is 138 Å². The van der Waals surface area contributed by atoms with E-state index in [1.807, 2.05) is 0 Å². The van der Waals surface area contributed by atoms with Crippen LogP contribution in [0.5, 0.6) is 0 Å². The Bertz CT molecular complexity index is 636. The molecule has 1 aromatic rings. The summed E-state index contributed by atoms with van der Waals surface area (Å²) in [5.74, 6) is 0.230. The van der Waals surface area contributed by atoms with Gasteiger partial charge < -0.3 is 10.0 Å². The molecule has 0 aromatic carbocycles. The van der Waals surface area contributed by atoms with Gasteiger partial charge in [-0.25, -0.2) is 4.68 Å². The SMILES string of the molecule is O=c1cc2c(nn1CC1CCN(CC(O)C(F)(F)F)CC1)CCC2. The Morgan fingerprint density at radius 2 is 2.00 bits per heavy atom. The molecule has 1 aromatic heterocycles. The molecule has 2 heterocycles. The first kappa shape index (κ1) is 17.4. The lowest BCUT2D eigenvalue weighted by Gasteiger charge is -2.33. The minimum atomic E-state index is -4.57. The summed E-state index contributed by atoms with van der Waals surface area (Å²) in [5.41, 5.74) is 1.96. The average molecular weight is 345 g/mol. The van der Waals surface area contributed by atoms with Gasteiger partial charge in [0, 0.05) is 19.2 Å². The van der Waals surface area contributed by atoms with Gasteiger partial charge in [0.25, 0.3) is 5.56 Å². The maximum atomic E-state index is 12.4. The molecule has 0 spiro atoms. The van der Waals surface area contributed by atoms with Crippen LogP contribution in [-0.4, -0.2) is 51.7 Å². The van der Waals surface area contributed by atoms with Gasteiger partial charge in [-0.2, -0.15) is 18.3 Å². The number of aromatic nitrogens is 2. The van der Waals surface area contributed by atoms with Crippen molar-refractivity contribution >= 4 is 0 Å². The summed E-state index contributed by atoms with van der Waals surface area (Å²) in [6.45, 7) is 1.13. The van der Waals surface area contributed by atoms with Crippen molar-refractivity contribution in [2.45, 2.75) is 50.9 Å². The van der Waals surface area contributed by atoms with Crippen LogP contribution in [-0.2, 0) is 19.4 Å². The van der Waals surface area contributed by atoms with E-state index in [0.29, 0.717) is 32.5 Å². The number of hydrogen-bond acceptors (Lipinski definition) is 4. The minimum Gasteiger partial charge on any atom is -0.382 e. The van der Waals surface area contributed by atoms with E-state index in [1.54, 1.807) is 11.0 Å². The molecule has 1 aliphatic heterocycles. The topological polar surface area (TPSA) is 58.4 Å². The van der Waals surface area contributed by atoms with E-state index in [0.717, 1.165) is 30.5 Å². The molecule has 24 heavy (non-hydrogen) atoms. The molecule has 1 aliphatic carbocycles. The summed E-state index contributed by atoms with van der Waals surface area (Å²) in [6, 6.07) is 1.67. The van der Waals surface area contributed by atoms with Crippen LogP contribution in [0.15, 0.2) is 10.9 Å². The van der Waals surface area contributed by atoms with Crippen molar-refractivity contribution in [1.82, 2.24) is 14.7 Å². The number of halogens is 3. The predicted octanol–water partition coefficient (Wildman–Crippen LogP) is 1.37. The van der Waals surface area contributed by atoms with Crippen LogP contribution < -0.4 is 5.56 Å². The van der Waals surface area contributed by atoms with Gasteiger partial charge in [-0.05, 0) is 56.7 Å². The molecule has 8 heteroatoms. The lowest BCUT2D eigenvalue weighted by Crippen LogP contribution is -2.45. The van der Waals surface area contributed by atoms with E-state index in [2.05, 4.69) is 5.10 Å². The Hall–Kier alpha value is -1.41. The third-order valence-corrected chi connectivity index (χ3v) is 4.97. The fourth-order valence-corrected chi connectivity index (χ4v) is 3.51. The van der Waals surface area contributed by atoms with Crippen molar-refractivity contribution in [3.8, 4) is 0 Å². The molecule has 134 valence electrons. The standard InChI is InChI=1S/C16H22F3N3O2/c17-16(18,19)14(23)10-21-6-4-11(5-7-21)9-22-15(24)8-12-2-1-3-13(12)20-22/h8,11,14,23H,1-7,9-10H2. The number of piperidine rings is 1. The normalized spacial score (nSPS) is 21.0. The van der Waals surface area contributed by atoms with Gasteiger partial charge in [-0.3, -0.25) is 4.79 Å². The molecular formula is C16H22F3N3O2. The van der Waals surface area contributed by atoms with Gasteiger partial charge in [-0.15, -0.1) is 0 Å². The van der Waals surface area contributed by atoms with Crippen LogP contribution in [0.4, 0.5) is 13.2 Å². The quantitative estimate of drug-likeness (QED) is 0.895. The van der Waals surface area contributed by atoms with Crippen LogP contribution in [0.3, 0.4) is 0 Å². The summed E-state index contributed by atoms with van der Waals surface area (Å²) in [5, 5.41) is 13.6. The maximum Gasteiger partial charge on any atom is 0.415 e. The second-order valence-corrected chi connectivity index (χ2v) is 6.79. The zero-order chi connectivity index (χ0) is 17.3. The van der Waals surface area contributed by atoms with Gasteiger partial charge in [0.05, 0.1) is 5.69 Å². The fraction of sp³-hybridized carbons (Fsp3) is 0.750. The molecule has 1 atom stereocenters. The molecule has 1 fully saturated rings. The number of alkyl halides is 3. The number of rotatable bonds is 4.